The Morgan fingerprint density at radius 1 is 1.29 bits per heavy atom. The summed E-state index contributed by atoms with van der Waals surface area (Å²) in [7, 11) is 0. The van der Waals surface area contributed by atoms with Crippen molar-refractivity contribution in [3.8, 4) is 0 Å². The average molecular weight is 403 g/mol. The fourth-order valence-corrected chi connectivity index (χ4v) is 4.42. The third-order valence-corrected chi connectivity index (χ3v) is 6.02. The van der Waals surface area contributed by atoms with Crippen LogP contribution in [0.15, 0.2) is 24.3 Å². The van der Waals surface area contributed by atoms with Crippen molar-refractivity contribution in [3.63, 3.8) is 0 Å². The molecule has 2 atom stereocenters. The highest BCUT2D eigenvalue weighted by Crippen LogP contribution is 2.38. The molecule has 150 valence electrons. The van der Waals surface area contributed by atoms with E-state index in [2.05, 4.69) is 11.9 Å². The van der Waals surface area contributed by atoms with Gasteiger partial charge in [-0.15, -0.1) is 0 Å². The van der Waals surface area contributed by atoms with Gasteiger partial charge < -0.3 is 9.67 Å². The topological polar surface area (TPSA) is 72.2 Å². The van der Waals surface area contributed by atoms with Crippen molar-refractivity contribution < 1.29 is 14.7 Å². The van der Waals surface area contributed by atoms with E-state index in [0.717, 1.165) is 68.2 Å². The molecule has 1 saturated carbocycles. The van der Waals surface area contributed by atoms with E-state index in [0.29, 0.717) is 12.2 Å². The second kappa shape index (κ2) is 9.37. The van der Waals surface area contributed by atoms with Crippen molar-refractivity contribution in [3.05, 3.63) is 52.1 Å². The van der Waals surface area contributed by atoms with E-state index in [1.807, 2.05) is 28.8 Å². The minimum Gasteiger partial charge on any atom is -0.481 e. The van der Waals surface area contributed by atoms with Gasteiger partial charge in [-0.25, -0.2) is 4.98 Å². The number of imidazole rings is 1. The van der Waals surface area contributed by atoms with E-state index in [4.69, 9.17) is 11.6 Å². The quantitative estimate of drug-likeness (QED) is 0.623. The van der Waals surface area contributed by atoms with Gasteiger partial charge in [0.2, 0.25) is 0 Å². The maximum absolute atomic E-state index is 11.6. The van der Waals surface area contributed by atoms with Gasteiger partial charge in [-0.2, -0.15) is 0 Å². The van der Waals surface area contributed by atoms with Crippen LogP contribution in [0.3, 0.4) is 0 Å². The number of nitrogens with zero attached hydrogens (tertiary/aromatic N) is 2. The van der Waals surface area contributed by atoms with E-state index in [-0.39, 0.29) is 17.0 Å². The minimum absolute atomic E-state index is 0.0774. The zero-order valence-corrected chi connectivity index (χ0v) is 17.0. The fraction of sp³-hybridized carbons (Fsp3) is 0.500. The lowest BCUT2D eigenvalue weighted by Crippen LogP contribution is -2.25. The Morgan fingerprint density at radius 3 is 2.64 bits per heavy atom. The lowest BCUT2D eigenvalue weighted by molar-refractivity contribution is -0.143. The third-order valence-electron chi connectivity index (χ3n) is 5.74. The zero-order chi connectivity index (χ0) is 20.1. The second-order valence-electron chi connectivity index (χ2n) is 7.59. The summed E-state index contributed by atoms with van der Waals surface area (Å²) in [5.41, 5.74) is 2.54. The monoisotopic (exact) mass is 402 g/mol. The molecule has 0 bridgehead atoms. The van der Waals surface area contributed by atoms with Crippen molar-refractivity contribution in [1.82, 2.24) is 9.55 Å². The number of carboxylic acid groups (broad SMARTS) is 1. The molecule has 1 aliphatic carbocycles. The van der Waals surface area contributed by atoms with E-state index >= 15 is 0 Å². The van der Waals surface area contributed by atoms with Gasteiger partial charge in [0.15, 0.2) is 11.4 Å². The Morgan fingerprint density at radius 2 is 2.00 bits per heavy atom. The average Bonchev–Trinajstić information content (AvgIpc) is 3.01. The Kier molecular flexibility index (Phi) is 6.89. The molecule has 1 heterocycles. The fourth-order valence-electron chi connectivity index (χ4n) is 4.17. The molecule has 28 heavy (non-hydrogen) atoms. The van der Waals surface area contributed by atoms with Crippen molar-refractivity contribution in [2.24, 2.45) is 5.92 Å². The summed E-state index contributed by atoms with van der Waals surface area (Å²) >= 11 is 6.15. The number of aryl methyl sites for hydroxylation is 1. The minimum atomic E-state index is -0.696. The number of aliphatic carboxylic acids is 1. The first-order chi connectivity index (χ1) is 13.5. The predicted molar refractivity (Wildman–Crippen MR) is 109 cm³/mol. The highest BCUT2D eigenvalue weighted by atomic mass is 35.5. The van der Waals surface area contributed by atoms with Crippen LogP contribution in [0.2, 0.25) is 5.15 Å². The van der Waals surface area contributed by atoms with Crippen molar-refractivity contribution in [1.29, 1.82) is 0 Å². The molecule has 0 amide bonds. The van der Waals surface area contributed by atoms with E-state index in [1.165, 1.54) is 0 Å². The second-order valence-corrected chi connectivity index (χ2v) is 7.95. The lowest BCUT2D eigenvalue weighted by Gasteiger charge is -2.29. The summed E-state index contributed by atoms with van der Waals surface area (Å²) in [6.45, 7) is 2.64. The Balaban J connectivity index is 1.81. The largest absolute Gasteiger partial charge is 0.481 e. The number of hydrogen-bond donors (Lipinski definition) is 1. The van der Waals surface area contributed by atoms with Crippen LogP contribution in [0.4, 0.5) is 0 Å². The smallest absolute Gasteiger partial charge is 0.307 e. The van der Waals surface area contributed by atoms with E-state index < -0.39 is 5.97 Å². The highest BCUT2D eigenvalue weighted by molar-refractivity contribution is 6.31. The molecule has 1 N–H and O–H groups in total. The number of unbranched alkanes of at least 4 members (excludes halogenated alkanes) is 1. The molecule has 1 fully saturated rings. The van der Waals surface area contributed by atoms with Crippen LogP contribution in [-0.4, -0.2) is 26.9 Å². The summed E-state index contributed by atoms with van der Waals surface area (Å²) in [4.78, 5) is 27.4. The standard InChI is InChI=1S/C22H27ClN2O3/c1-2-3-8-20-24-21(23)19(14-26)25(20)13-15-9-11-16(12-10-15)17-6-4-5-7-18(17)22(27)28/h9-12,14,17-18H,2-8,13H2,1H3,(H,27,28)/t17-,18+/m0/s1. The van der Waals surface area contributed by atoms with Gasteiger partial charge >= 0.3 is 5.97 Å². The molecule has 6 heteroatoms. The van der Waals surface area contributed by atoms with Crippen molar-refractivity contribution >= 4 is 23.9 Å². The van der Waals surface area contributed by atoms with Crippen LogP contribution in [-0.2, 0) is 17.8 Å². The summed E-state index contributed by atoms with van der Waals surface area (Å²) < 4.78 is 1.89. The van der Waals surface area contributed by atoms with Gasteiger partial charge in [-0.3, -0.25) is 9.59 Å². The number of carbonyl (C=O) groups excluding carboxylic acids is 1. The lowest BCUT2D eigenvalue weighted by atomic mass is 9.75. The molecule has 0 unspecified atom stereocenters. The Bertz CT molecular complexity index is 829. The van der Waals surface area contributed by atoms with Crippen molar-refractivity contribution in [2.45, 2.75) is 64.3 Å². The third kappa shape index (κ3) is 4.46. The molecule has 0 radical (unpaired) electrons. The Hall–Kier alpha value is -2.14. The van der Waals surface area contributed by atoms with Crippen LogP contribution < -0.4 is 0 Å². The SMILES string of the molecule is CCCCc1nc(Cl)c(C=O)n1Cc1ccc([C@@H]2CCCC[C@H]2C(=O)O)cc1. The molecule has 1 aromatic heterocycles. The number of carboxylic acids is 1. The number of rotatable bonds is 8. The number of carbonyl (C=O) groups is 2. The normalized spacial score (nSPS) is 19.5. The van der Waals surface area contributed by atoms with Crippen LogP contribution in [0, 0.1) is 5.92 Å². The first kappa shape index (κ1) is 20.6. The van der Waals surface area contributed by atoms with Crippen LogP contribution in [0.25, 0.3) is 0 Å². The van der Waals surface area contributed by atoms with Gasteiger partial charge in [-0.1, -0.05) is 62.1 Å². The number of benzene rings is 1. The number of hydrogen-bond acceptors (Lipinski definition) is 3. The van der Waals surface area contributed by atoms with Gasteiger partial charge in [0.05, 0.1) is 5.92 Å². The first-order valence-corrected chi connectivity index (χ1v) is 10.4. The van der Waals surface area contributed by atoms with E-state index in [1.54, 1.807) is 0 Å². The molecule has 1 aromatic carbocycles. The van der Waals surface area contributed by atoms with Gasteiger partial charge in [0.1, 0.15) is 11.5 Å². The van der Waals surface area contributed by atoms with Crippen LogP contribution in [0.1, 0.15) is 78.8 Å². The molecular formula is C22H27ClN2O3. The summed E-state index contributed by atoms with van der Waals surface area (Å²) in [6, 6.07) is 8.11. The summed E-state index contributed by atoms with van der Waals surface area (Å²) in [6.07, 6.45) is 7.31. The zero-order valence-electron chi connectivity index (χ0n) is 16.2. The van der Waals surface area contributed by atoms with Crippen LogP contribution >= 0.6 is 11.6 Å². The summed E-state index contributed by atoms with van der Waals surface area (Å²) in [5.74, 6) is -0.0859. The molecule has 0 spiro atoms. The predicted octanol–water partition coefficient (Wildman–Crippen LogP) is 5.10. The Labute approximate surface area is 170 Å². The highest BCUT2D eigenvalue weighted by Gasteiger charge is 2.31. The maximum atomic E-state index is 11.6. The molecule has 1 aliphatic rings. The summed E-state index contributed by atoms with van der Waals surface area (Å²) in [5, 5.41) is 9.78. The molecular weight excluding hydrogens is 376 g/mol. The first-order valence-electron chi connectivity index (χ1n) is 10.1. The molecule has 3 rings (SSSR count). The molecule has 0 aliphatic heterocycles. The van der Waals surface area contributed by atoms with Gasteiger partial charge in [0, 0.05) is 13.0 Å². The van der Waals surface area contributed by atoms with Crippen LogP contribution in [0.5, 0.6) is 0 Å². The molecule has 0 saturated heterocycles. The van der Waals surface area contributed by atoms with Crippen molar-refractivity contribution in [2.75, 3.05) is 0 Å². The number of aldehydes is 1. The number of halogens is 1. The van der Waals surface area contributed by atoms with Gasteiger partial charge in [0.25, 0.3) is 0 Å². The maximum Gasteiger partial charge on any atom is 0.307 e. The van der Waals surface area contributed by atoms with E-state index in [9.17, 15) is 14.7 Å². The number of aromatic nitrogens is 2. The molecule has 5 nitrogen and oxygen atoms in total. The van der Waals surface area contributed by atoms with Gasteiger partial charge in [-0.05, 0) is 36.3 Å². The molecule has 2 aromatic rings.